The molecule has 0 saturated carbocycles. The standard InChI is InChI=1S/C10H12ClNO3/c1-7(13)6-15-12-10(14)8-4-2-3-5-9(8)11/h2-5,7,13H,6H2,1H3,(H,12,14)/t7-/m1/s1. The van der Waals surface area contributed by atoms with Crippen molar-refractivity contribution in [1.82, 2.24) is 5.48 Å². The summed E-state index contributed by atoms with van der Waals surface area (Å²) in [6.45, 7) is 1.60. The fourth-order valence-electron chi connectivity index (χ4n) is 0.928. The van der Waals surface area contributed by atoms with Gasteiger partial charge >= 0.3 is 0 Å². The zero-order valence-electron chi connectivity index (χ0n) is 8.24. The monoisotopic (exact) mass is 229 g/mol. The zero-order chi connectivity index (χ0) is 11.3. The van der Waals surface area contributed by atoms with Crippen LogP contribution in [-0.2, 0) is 4.84 Å². The maximum Gasteiger partial charge on any atom is 0.276 e. The molecule has 1 atom stereocenters. The Hall–Kier alpha value is -1.10. The van der Waals surface area contributed by atoms with Crippen molar-refractivity contribution in [2.75, 3.05) is 6.61 Å². The second-order valence-electron chi connectivity index (χ2n) is 3.07. The highest BCUT2D eigenvalue weighted by Crippen LogP contribution is 2.14. The summed E-state index contributed by atoms with van der Waals surface area (Å²) in [5.74, 6) is -0.429. The summed E-state index contributed by atoms with van der Waals surface area (Å²) in [4.78, 5) is 16.2. The minimum atomic E-state index is -0.628. The van der Waals surface area contributed by atoms with Gasteiger partial charge in [-0.3, -0.25) is 9.63 Å². The van der Waals surface area contributed by atoms with Gasteiger partial charge in [0.05, 0.1) is 16.7 Å². The van der Waals surface area contributed by atoms with Crippen LogP contribution in [-0.4, -0.2) is 23.7 Å². The highest BCUT2D eigenvalue weighted by atomic mass is 35.5. The lowest BCUT2D eigenvalue weighted by Gasteiger charge is -2.07. The van der Waals surface area contributed by atoms with Crippen molar-refractivity contribution in [3.8, 4) is 0 Å². The second kappa shape index (κ2) is 5.70. The predicted octanol–water partition coefficient (Wildman–Crippen LogP) is 1.38. The molecule has 0 bridgehead atoms. The van der Waals surface area contributed by atoms with Crippen molar-refractivity contribution in [2.24, 2.45) is 0 Å². The quantitative estimate of drug-likeness (QED) is 0.767. The first kappa shape index (κ1) is 12.0. The van der Waals surface area contributed by atoms with Crippen molar-refractivity contribution in [1.29, 1.82) is 0 Å². The molecule has 0 heterocycles. The molecule has 0 saturated heterocycles. The molecule has 1 aromatic rings. The number of benzene rings is 1. The number of hydroxylamine groups is 1. The average Bonchev–Trinajstić information content (AvgIpc) is 2.17. The van der Waals surface area contributed by atoms with Gasteiger partial charge in [0, 0.05) is 0 Å². The van der Waals surface area contributed by atoms with Crippen LogP contribution in [0.15, 0.2) is 24.3 Å². The number of carbonyl (C=O) groups is 1. The van der Waals surface area contributed by atoms with Crippen molar-refractivity contribution in [3.63, 3.8) is 0 Å². The van der Waals surface area contributed by atoms with Crippen LogP contribution in [0.25, 0.3) is 0 Å². The first-order valence-corrected chi connectivity index (χ1v) is 4.84. The zero-order valence-corrected chi connectivity index (χ0v) is 8.99. The summed E-state index contributed by atoms with van der Waals surface area (Å²) >= 11 is 5.79. The topological polar surface area (TPSA) is 58.6 Å². The van der Waals surface area contributed by atoms with Crippen molar-refractivity contribution in [3.05, 3.63) is 34.9 Å². The molecule has 2 N–H and O–H groups in total. The van der Waals surface area contributed by atoms with Crippen LogP contribution < -0.4 is 5.48 Å². The Labute approximate surface area is 92.8 Å². The fourth-order valence-corrected chi connectivity index (χ4v) is 1.15. The van der Waals surface area contributed by atoms with E-state index in [1.165, 1.54) is 0 Å². The van der Waals surface area contributed by atoms with Gasteiger partial charge in [0.25, 0.3) is 5.91 Å². The SMILES string of the molecule is C[C@@H](O)CONC(=O)c1ccccc1Cl. The molecular formula is C10H12ClNO3. The van der Waals surface area contributed by atoms with Gasteiger partial charge in [0.15, 0.2) is 0 Å². The summed E-state index contributed by atoms with van der Waals surface area (Å²) in [7, 11) is 0. The number of aliphatic hydroxyl groups excluding tert-OH is 1. The Morgan fingerprint density at radius 3 is 2.87 bits per heavy atom. The fraction of sp³-hybridized carbons (Fsp3) is 0.300. The molecule has 0 radical (unpaired) electrons. The Kier molecular flexibility index (Phi) is 4.55. The van der Waals surface area contributed by atoms with Gasteiger partial charge in [-0.15, -0.1) is 0 Å². The van der Waals surface area contributed by atoms with Crippen LogP contribution in [0.4, 0.5) is 0 Å². The van der Waals surface area contributed by atoms with E-state index in [4.69, 9.17) is 21.5 Å². The highest BCUT2D eigenvalue weighted by Gasteiger charge is 2.09. The number of hydrogen-bond acceptors (Lipinski definition) is 3. The minimum absolute atomic E-state index is 0.0379. The van der Waals surface area contributed by atoms with E-state index >= 15 is 0 Å². The third-order valence-electron chi connectivity index (χ3n) is 1.61. The molecule has 0 aliphatic carbocycles. The van der Waals surface area contributed by atoms with Crippen LogP contribution in [0.1, 0.15) is 17.3 Å². The lowest BCUT2D eigenvalue weighted by molar-refractivity contribution is -0.00686. The van der Waals surface area contributed by atoms with E-state index < -0.39 is 12.0 Å². The van der Waals surface area contributed by atoms with Crippen LogP contribution >= 0.6 is 11.6 Å². The van der Waals surface area contributed by atoms with E-state index in [2.05, 4.69) is 5.48 Å². The number of amides is 1. The molecule has 0 aliphatic heterocycles. The summed E-state index contributed by atoms with van der Waals surface area (Å²) in [6.07, 6.45) is -0.628. The number of aliphatic hydroxyl groups is 1. The molecule has 0 aliphatic rings. The minimum Gasteiger partial charge on any atom is -0.391 e. The second-order valence-corrected chi connectivity index (χ2v) is 3.48. The lowest BCUT2D eigenvalue weighted by Crippen LogP contribution is -2.27. The number of rotatable bonds is 4. The van der Waals surface area contributed by atoms with Crippen molar-refractivity contribution >= 4 is 17.5 Å². The lowest BCUT2D eigenvalue weighted by atomic mass is 10.2. The smallest absolute Gasteiger partial charge is 0.276 e. The summed E-state index contributed by atoms with van der Waals surface area (Å²) in [5, 5.41) is 9.25. The average molecular weight is 230 g/mol. The first-order chi connectivity index (χ1) is 7.11. The summed E-state index contributed by atoms with van der Waals surface area (Å²) in [6, 6.07) is 6.64. The van der Waals surface area contributed by atoms with Crippen molar-refractivity contribution in [2.45, 2.75) is 13.0 Å². The van der Waals surface area contributed by atoms with Gasteiger partial charge in [-0.2, -0.15) is 0 Å². The van der Waals surface area contributed by atoms with Crippen molar-refractivity contribution < 1.29 is 14.7 Å². The van der Waals surface area contributed by atoms with Gasteiger partial charge in [-0.25, -0.2) is 5.48 Å². The Morgan fingerprint density at radius 1 is 1.60 bits per heavy atom. The van der Waals surface area contributed by atoms with Crippen LogP contribution in [0.2, 0.25) is 5.02 Å². The molecule has 1 rings (SSSR count). The molecule has 15 heavy (non-hydrogen) atoms. The van der Waals surface area contributed by atoms with E-state index in [1.807, 2.05) is 0 Å². The molecular weight excluding hydrogens is 218 g/mol. The molecule has 0 aromatic heterocycles. The van der Waals surface area contributed by atoms with E-state index in [1.54, 1.807) is 31.2 Å². The maximum absolute atomic E-state index is 11.4. The molecule has 82 valence electrons. The van der Waals surface area contributed by atoms with Gasteiger partial charge in [0.1, 0.15) is 6.61 Å². The molecule has 0 unspecified atom stereocenters. The van der Waals surface area contributed by atoms with Gasteiger partial charge < -0.3 is 5.11 Å². The Bertz CT molecular complexity index is 341. The predicted molar refractivity (Wildman–Crippen MR) is 56.6 cm³/mol. The highest BCUT2D eigenvalue weighted by molar-refractivity contribution is 6.33. The molecule has 1 amide bonds. The van der Waals surface area contributed by atoms with Crippen LogP contribution in [0.5, 0.6) is 0 Å². The third kappa shape index (κ3) is 3.87. The molecule has 0 spiro atoms. The Morgan fingerprint density at radius 2 is 2.27 bits per heavy atom. The van der Waals surface area contributed by atoms with E-state index in [9.17, 15) is 4.79 Å². The van der Waals surface area contributed by atoms with Gasteiger partial charge in [-0.1, -0.05) is 23.7 Å². The number of nitrogens with one attached hydrogen (secondary N) is 1. The number of carbonyl (C=O) groups excluding carboxylic acids is 1. The van der Waals surface area contributed by atoms with E-state index in [0.717, 1.165) is 0 Å². The third-order valence-corrected chi connectivity index (χ3v) is 1.94. The van der Waals surface area contributed by atoms with Gasteiger partial charge in [0.2, 0.25) is 0 Å². The summed E-state index contributed by atoms with van der Waals surface area (Å²) in [5.41, 5.74) is 2.53. The molecule has 5 heteroatoms. The van der Waals surface area contributed by atoms with Gasteiger partial charge in [-0.05, 0) is 19.1 Å². The normalized spacial score (nSPS) is 12.2. The number of hydrogen-bond donors (Lipinski definition) is 2. The number of halogens is 1. The summed E-state index contributed by atoms with van der Waals surface area (Å²) < 4.78 is 0. The Balaban J connectivity index is 2.51. The first-order valence-electron chi connectivity index (χ1n) is 4.46. The van der Waals surface area contributed by atoms with Crippen LogP contribution in [0, 0.1) is 0 Å². The molecule has 4 nitrogen and oxygen atoms in total. The van der Waals surface area contributed by atoms with E-state index in [-0.39, 0.29) is 6.61 Å². The maximum atomic E-state index is 11.4. The molecule has 1 aromatic carbocycles. The van der Waals surface area contributed by atoms with E-state index in [0.29, 0.717) is 10.6 Å². The largest absolute Gasteiger partial charge is 0.391 e. The molecule has 0 fully saturated rings. The van der Waals surface area contributed by atoms with Crippen LogP contribution in [0.3, 0.4) is 0 Å².